The maximum atomic E-state index is 6.71. The Morgan fingerprint density at radius 1 is 0.316 bits per heavy atom. The highest BCUT2D eigenvalue weighted by molar-refractivity contribution is 6.21. The molecular weight excluding hydrogens is 695 g/mol. The molecule has 0 unspecified atom stereocenters. The second-order valence-corrected chi connectivity index (χ2v) is 14.8. The van der Waals surface area contributed by atoms with Crippen LogP contribution >= 0.6 is 0 Å². The molecule has 0 aliphatic rings. The van der Waals surface area contributed by atoms with Crippen LogP contribution in [0.2, 0.25) is 0 Å². The Balaban J connectivity index is 1.08. The van der Waals surface area contributed by atoms with Gasteiger partial charge in [0.05, 0.1) is 11.1 Å². The molecule has 0 bridgehead atoms. The summed E-state index contributed by atoms with van der Waals surface area (Å²) in [6.07, 6.45) is 0. The van der Waals surface area contributed by atoms with E-state index in [1.807, 2.05) is 0 Å². The Kier molecular flexibility index (Phi) is 6.93. The summed E-state index contributed by atoms with van der Waals surface area (Å²) in [5.41, 5.74) is 11.4. The summed E-state index contributed by atoms with van der Waals surface area (Å²) in [5.74, 6) is 0. The number of nitrogens with zero attached hydrogens (tertiary/aromatic N) is 1. The van der Waals surface area contributed by atoms with Crippen LogP contribution in [0.5, 0.6) is 0 Å². The van der Waals surface area contributed by atoms with Crippen LogP contribution in [0, 0.1) is 0 Å². The molecule has 0 radical (unpaired) electrons. The van der Waals surface area contributed by atoms with Gasteiger partial charge in [-0.25, -0.2) is 0 Å². The quantitative estimate of drug-likeness (QED) is 0.177. The first-order valence-corrected chi connectivity index (χ1v) is 19.4. The minimum absolute atomic E-state index is 0.856. The monoisotopic (exact) mass is 727 g/mol. The lowest BCUT2D eigenvalue weighted by Crippen LogP contribution is -2.10. The lowest BCUT2D eigenvalue weighted by Gasteiger charge is -2.27. The highest BCUT2D eigenvalue weighted by Crippen LogP contribution is 2.46. The number of hydrogen-bond acceptors (Lipinski definition) is 3. The van der Waals surface area contributed by atoms with Crippen molar-refractivity contribution in [3.8, 4) is 22.3 Å². The third kappa shape index (κ3) is 4.92. The van der Waals surface area contributed by atoms with Crippen LogP contribution in [0.15, 0.2) is 209 Å². The van der Waals surface area contributed by atoms with Gasteiger partial charge in [-0.1, -0.05) is 146 Å². The molecule has 0 N–H and O–H groups in total. The van der Waals surface area contributed by atoms with Crippen molar-refractivity contribution in [2.45, 2.75) is 0 Å². The van der Waals surface area contributed by atoms with E-state index in [2.05, 4.69) is 205 Å². The first-order chi connectivity index (χ1) is 28.3. The van der Waals surface area contributed by atoms with Gasteiger partial charge in [-0.05, 0) is 98.4 Å². The molecule has 12 aromatic rings. The first kappa shape index (κ1) is 31.7. The van der Waals surface area contributed by atoms with Gasteiger partial charge in [-0.3, -0.25) is 0 Å². The summed E-state index contributed by atoms with van der Waals surface area (Å²) in [7, 11) is 0. The highest BCUT2D eigenvalue weighted by atomic mass is 16.3. The number of furan rings is 2. The summed E-state index contributed by atoms with van der Waals surface area (Å²) < 4.78 is 13.3. The Labute approximate surface area is 328 Å². The second kappa shape index (κ2) is 12.5. The van der Waals surface area contributed by atoms with E-state index in [0.29, 0.717) is 0 Å². The molecule has 0 spiro atoms. The van der Waals surface area contributed by atoms with Crippen molar-refractivity contribution in [3.63, 3.8) is 0 Å². The van der Waals surface area contributed by atoms with E-state index in [9.17, 15) is 0 Å². The van der Waals surface area contributed by atoms with Gasteiger partial charge in [0.2, 0.25) is 0 Å². The zero-order chi connectivity index (χ0) is 37.5. The van der Waals surface area contributed by atoms with Gasteiger partial charge in [-0.2, -0.15) is 0 Å². The fourth-order valence-corrected chi connectivity index (χ4v) is 9.02. The second-order valence-electron chi connectivity index (χ2n) is 14.8. The van der Waals surface area contributed by atoms with E-state index in [4.69, 9.17) is 8.83 Å². The first-order valence-electron chi connectivity index (χ1n) is 19.4. The van der Waals surface area contributed by atoms with Gasteiger partial charge in [-0.15, -0.1) is 0 Å². The molecule has 3 heteroatoms. The third-order valence-corrected chi connectivity index (χ3v) is 11.6. The minimum Gasteiger partial charge on any atom is -0.455 e. The molecule has 2 aromatic heterocycles. The topological polar surface area (TPSA) is 29.5 Å². The zero-order valence-electron chi connectivity index (χ0n) is 30.8. The average Bonchev–Trinajstić information content (AvgIpc) is 3.87. The predicted molar refractivity (Wildman–Crippen MR) is 239 cm³/mol. The summed E-state index contributed by atoms with van der Waals surface area (Å²) in [4.78, 5) is 2.38. The predicted octanol–water partition coefficient (Wildman–Crippen LogP) is 15.7. The number of anilines is 3. The van der Waals surface area contributed by atoms with Crippen molar-refractivity contribution < 1.29 is 8.83 Å². The van der Waals surface area contributed by atoms with E-state index in [-0.39, 0.29) is 0 Å². The van der Waals surface area contributed by atoms with Gasteiger partial charge in [0, 0.05) is 38.3 Å². The molecule has 0 aliphatic carbocycles. The van der Waals surface area contributed by atoms with E-state index >= 15 is 0 Å². The molecule has 0 atom stereocenters. The van der Waals surface area contributed by atoms with Crippen LogP contribution < -0.4 is 4.90 Å². The van der Waals surface area contributed by atoms with Crippen molar-refractivity contribution >= 4 is 93.3 Å². The van der Waals surface area contributed by atoms with Crippen LogP contribution in [0.1, 0.15) is 0 Å². The van der Waals surface area contributed by atoms with Crippen LogP contribution in [0.4, 0.5) is 17.1 Å². The van der Waals surface area contributed by atoms with Crippen LogP contribution in [-0.4, -0.2) is 0 Å². The van der Waals surface area contributed by atoms with Crippen molar-refractivity contribution in [1.82, 2.24) is 0 Å². The van der Waals surface area contributed by atoms with E-state index in [0.717, 1.165) is 88.2 Å². The summed E-state index contributed by atoms with van der Waals surface area (Å²) in [6.45, 7) is 0. The fraction of sp³-hybridized carbons (Fsp3) is 0. The van der Waals surface area contributed by atoms with Crippen LogP contribution in [0.25, 0.3) is 98.4 Å². The van der Waals surface area contributed by atoms with Gasteiger partial charge in [0.25, 0.3) is 0 Å². The maximum absolute atomic E-state index is 6.71. The Morgan fingerprint density at radius 3 is 1.58 bits per heavy atom. The van der Waals surface area contributed by atoms with Crippen molar-refractivity contribution in [2.75, 3.05) is 4.90 Å². The minimum atomic E-state index is 0.856. The number of hydrogen-bond donors (Lipinski definition) is 0. The molecule has 266 valence electrons. The van der Waals surface area contributed by atoms with E-state index in [1.165, 1.54) is 27.3 Å². The zero-order valence-corrected chi connectivity index (χ0v) is 30.8. The molecule has 0 aliphatic heterocycles. The molecule has 0 amide bonds. The summed E-state index contributed by atoms with van der Waals surface area (Å²) in [5, 5.41) is 11.5. The molecule has 12 rings (SSSR count). The molecular formula is C54H33NO2. The smallest absolute Gasteiger partial charge is 0.143 e. The van der Waals surface area contributed by atoms with Gasteiger partial charge in [0.15, 0.2) is 0 Å². The highest BCUT2D eigenvalue weighted by Gasteiger charge is 2.22. The summed E-state index contributed by atoms with van der Waals surface area (Å²) >= 11 is 0. The van der Waals surface area contributed by atoms with Crippen molar-refractivity contribution in [3.05, 3.63) is 200 Å². The molecule has 0 saturated heterocycles. The van der Waals surface area contributed by atoms with Crippen LogP contribution in [0.3, 0.4) is 0 Å². The number of fused-ring (bicyclic) bond motifs is 11. The lowest BCUT2D eigenvalue weighted by atomic mass is 9.97. The fourth-order valence-electron chi connectivity index (χ4n) is 9.02. The molecule has 2 heterocycles. The number of benzene rings is 10. The molecule has 57 heavy (non-hydrogen) atoms. The average molecular weight is 728 g/mol. The number of rotatable bonds is 5. The molecule has 0 fully saturated rings. The van der Waals surface area contributed by atoms with Crippen molar-refractivity contribution in [2.24, 2.45) is 0 Å². The largest absolute Gasteiger partial charge is 0.455 e. The molecule has 0 saturated carbocycles. The third-order valence-electron chi connectivity index (χ3n) is 11.6. The van der Waals surface area contributed by atoms with Crippen LogP contribution in [-0.2, 0) is 0 Å². The van der Waals surface area contributed by atoms with E-state index < -0.39 is 0 Å². The van der Waals surface area contributed by atoms with Crippen molar-refractivity contribution in [1.29, 1.82) is 0 Å². The van der Waals surface area contributed by atoms with Gasteiger partial charge >= 0.3 is 0 Å². The molecule has 10 aromatic carbocycles. The SMILES string of the molecule is c1cc(-c2cccc3oc4c5ccccc5ccc4c23)cc(N(c2ccc(-c3cccc4ccccc34)cc2)c2cccc3oc4c5ccccc5ccc4c23)c1. The maximum Gasteiger partial charge on any atom is 0.143 e. The van der Waals surface area contributed by atoms with E-state index in [1.54, 1.807) is 0 Å². The Bertz CT molecular complexity index is 3530. The standard InChI is InChI=1S/C54H33NO2/c1-4-17-41-34(11-1)14-8-20-42(41)37-25-29-39(30-26-37)55(48-22-10-24-50-52(48)47-32-28-36-13-3-6-19-45(36)54(47)57-50)40-16-7-15-38(33-40)43-21-9-23-49-51(43)46-31-27-35-12-2-5-18-44(35)53(46)56-49/h1-33H. The lowest BCUT2D eigenvalue weighted by molar-refractivity contribution is 0.672. The normalized spacial score (nSPS) is 11.9. The molecule has 3 nitrogen and oxygen atoms in total. The Morgan fingerprint density at radius 2 is 0.860 bits per heavy atom. The van der Waals surface area contributed by atoms with Gasteiger partial charge < -0.3 is 13.7 Å². The Hall–Kier alpha value is -7.62. The summed E-state index contributed by atoms with van der Waals surface area (Å²) in [6, 6.07) is 71.5. The van der Waals surface area contributed by atoms with Gasteiger partial charge in [0.1, 0.15) is 22.3 Å².